The summed E-state index contributed by atoms with van der Waals surface area (Å²) in [5.41, 5.74) is 4.71. The molecular weight excluding hydrogens is 731 g/mol. The summed E-state index contributed by atoms with van der Waals surface area (Å²) in [4.78, 5) is 38.9. The SMILES string of the molecule is CCN1CCN(c2cccc3c(N4CCC(=O)NC4=O)nn(C)c23)CC1.Cc1cc(-c2cnc(Nc3cnn(C4CCC(C)CC4)c3)c3nccn23)c(F)cc1F. The fourth-order valence-corrected chi connectivity index (χ4v) is 8.13. The molecule has 298 valence electrons. The lowest BCUT2D eigenvalue weighted by Gasteiger charge is -2.35. The second-order valence-corrected chi connectivity index (χ2v) is 15.2. The fraction of sp³-hybridized carbons (Fsp3) is 0.415. The molecule has 0 radical (unpaired) electrons. The van der Waals surface area contributed by atoms with E-state index in [1.807, 2.05) is 34.7 Å². The maximum Gasteiger partial charge on any atom is 0.329 e. The van der Waals surface area contributed by atoms with Crippen LogP contribution in [0.15, 0.2) is 61.3 Å². The molecule has 9 rings (SSSR count). The maximum atomic E-state index is 14.5. The van der Waals surface area contributed by atoms with Gasteiger partial charge in [0.05, 0.1) is 41.0 Å². The van der Waals surface area contributed by atoms with E-state index in [9.17, 15) is 18.4 Å². The number of aryl methyl sites for hydroxylation is 2. The van der Waals surface area contributed by atoms with E-state index in [1.54, 1.807) is 41.0 Å². The summed E-state index contributed by atoms with van der Waals surface area (Å²) in [6.45, 7) is 11.6. The van der Waals surface area contributed by atoms with E-state index >= 15 is 0 Å². The van der Waals surface area contributed by atoms with Crippen molar-refractivity contribution in [1.29, 1.82) is 0 Å². The molecule has 2 aromatic carbocycles. The van der Waals surface area contributed by atoms with Crippen LogP contribution >= 0.6 is 0 Å². The van der Waals surface area contributed by atoms with Gasteiger partial charge in [-0.1, -0.05) is 19.9 Å². The molecule has 3 amide bonds. The predicted octanol–water partition coefficient (Wildman–Crippen LogP) is 6.84. The van der Waals surface area contributed by atoms with E-state index in [-0.39, 0.29) is 11.5 Å². The van der Waals surface area contributed by atoms with E-state index in [0.29, 0.717) is 47.5 Å². The highest BCUT2D eigenvalue weighted by Gasteiger charge is 2.29. The molecule has 14 nitrogen and oxygen atoms in total. The van der Waals surface area contributed by atoms with Crippen molar-refractivity contribution in [2.24, 2.45) is 13.0 Å². The van der Waals surface area contributed by atoms with Crippen molar-refractivity contribution in [1.82, 2.24) is 44.1 Å². The van der Waals surface area contributed by atoms with Crippen molar-refractivity contribution in [3.8, 4) is 11.3 Å². The molecule has 57 heavy (non-hydrogen) atoms. The Bertz CT molecular complexity index is 2420. The van der Waals surface area contributed by atoms with Gasteiger partial charge in [-0.25, -0.2) is 23.5 Å². The number of carbonyl (C=O) groups is 2. The second kappa shape index (κ2) is 15.9. The normalized spacial score (nSPS) is 19.2. The van der Waals surface area contributed by atoms with Gasteiger partial charge >= 0.3 is 6.03 Å². The summed E-state index contributed by atoms with van der Waals surface area (Å²) in [6.07, 6.45) is 13.8. The van der Waals surface area contributed by atoms with Crippen LogP contribution in [0.2, 0.25) is 0 Å². The molecular formula is C41H48F2N12O2. The molecule has 3 fully saturated rings. The molecule has 1 aliphatic carbocycles. The minimum Gasteiger partial charge on any atom is -0.367 e. The summed E-state index contributed by atoms with van der Waals surface area (Å²) < 4.78 is 33.8. The average Bonchev–Trinajstić information content (AvgIpc) is 3.97. The number of anilines is 4. The number of aromatic nitrogens is 7. The number of carbonyl (C=O) groups excluding carboxylic acids is 2. The Balaban J connectivity index is 0.000000162. The molecule has 16 heteroatoms. The van der Waals surface area contributed by atoms with Crippen LogP contribution in [0.4, 0.5) is 36.6 Å². The highest BCUT2D eigenvalue weighted by atomic mass is 19.1. The maximum absolute atomic E-state index is 14.5. The van der Waals surface area contributed by atoms with Crippen molar-refractivity contribution in [2.45, 2.75) is 58.9 Å². The molecule has 0 atom stereocenters. The number of likely N-dealkylation sites (N-methyl/N-ethyl adjacent to an activating group) is 1. The highest BCUT2D eigenvalue weighted by Crippen LogP contribution is 2.35. The molecule has 1 saturated carbocycles. The largest absolute Gasteiger partial charge is 0.367 e. The van der Waals surface area contributed by atoms with Gasteiger partial charge in [-0.05, 0) is 68.8 Å². The zero-order chi connectivity index (χ0) is 39.8. The average molecular weight is 779 g/mol. The van der Waals surface area contributed by atoms with Gasteiger partial charge in [0.15, 0.2) is 17.3 Å². The third kappa shape index (κ3) is 7.65. The first-order chi connectivity index (χ1) is 27.6. The van der Waals surface area contributed by atoms with E-state index in [1.165, 1.54) is 18.9 Å². The van der Waals surface area contributed by atoms with Gasteiger partial charge in [0.25, 0.3) is 0 Å². The lowest BCUT2D eigenvalue weighted by molar-refractivity contribution is -0.120. The quantitative estimate of drug-likeness (QED) is 0.179. The summed E-state index contributed by atoms with van der Waals surface area (Å²) in [7, 11) is 1.91. The van der Waals surface area contributed by atoms with Crippen LogP contribution in [-0.4, -0.2) is 90.0 Å². The Morgan fingerprint density at radius 1 is 0.965 bits per heavy atom. The first kappa shape index (κ1) is 38.0. The topological polar surface area (TPSA) is 134 Å². The van der Waals surface area contributed by atoms with Crippen LogP contribution in [0.25, 0.3) is 27.8 Å². The Morgan fingerprint density at radius 2 is 1.75 bits per heavy atom. The second-order valence-electron chi connectivity index (χ2n) is 15.2. The number of imidazole rings is 1. The summed E-state index contributed by atoms with van der Waals surface area (Å²) in [6, 6.07) is 8.55. The molecule has 4 aromatic heterocycles. The number of fused-ring (bicyclic) bond motifs is 2. The van der Waals surface area contributed by atoms with Crippen LogP contribution in [-0.2, 0) is 11.8 Å². The van der Waals surface area contributed by atoms with Crippen molar-refractivity contribution < 1.29 is 18.4 Å². The van der Waals surface area contributed by atoms with E-state index < -0.39 is 17.7 Å². The summed E-state index contributed by atoms with van der Waals surface area (Å²) in [5, 5.41) is 15.7. The van der Waals surface area contributed by atoms with Gasteiger partial charge < -0.3 is 15.1 Å². The minimum absolute atomic E-state index is 0.235. The molecule has 2 N–H and O–H groups in total. The van der Waals surface area contributed by atoms with Crippen LogP contribution in [0, 0.1) is 24.5 Å². The molecule has 0 bridgehead atoms. The number of imide groups is 1. The number of piperazine rings is 1. The van der Waals surface area contributed by atoms with Gasteiger partial charge in [-0.3, -0.25) is 28.8 Å². The number of urea groups is 1. The van der Waals surface area contributed by atoms with Gasteiger partial charge in [-0.2, -0.15) is 10.2 Å². The van der Waals surface area contributed by atoms with E-state index in [0.717, 1.165) is 79.8 Å². The van der Waals surface area contributed by atoms with Gasteiger partial charge in [0, 0.05) is 81.8 Å². The lowest BCUT2D eigenvalue weighted by atomic mass is 9.87. The molecule has 0 spiro atoms. The summed E-state index contributed by atoms with van der Waals surface area (Å²) in [5.74, 6) is 0.505. The standard InChI is InChI=1S/C23H24F2N6.C18H24N6O2/c1-14-3-5-17(6-4-14)31-13-16(11-28-31)29-22-23-26-7-8-30(23)21(12-27-22)18-9-15(2)19(24)10-20(18)25;1-3-22-9-11-23(12-10-22)14-6-4-5-13-16(14)21(2)20-17(13)24-8-7-15(25)19-18(24)26/h7-14,17H,3-6H2,1-2H3,(H,27,29);4-6H,3,7-12H2,1-2H3,(H,19,25,26). The zero-order valence-electron chi connectivity index (χ0n) is 32.8. The number of nitrogens with zero attached hydrogens (tertiary/aromatic N) is 10. The molecule has 6 heterocycles. The minimum atomic E-state index is -0.635. The van der Waals surface area contributed by atoms with E-state index in [4.69, 9.17) is 0 Å². The molecule has 6 aromatic rings. The van der Waals surface area contributed by atoms with Crippen molar-refractivity contribution in [2.75, 3.05) is 54.4 Å². The Morgan fingerprint density at radius 3 is 2.51 bits per heavy atom. The van der Waals surface area contributed by atoms with Crippen LogP contribution < -0.4 is 20.4 Å². The highest BCUT2D eigenvalue weighted by molar-refractivity contribution is 6.10. The molecule has 3 aliphatic rings. The molecule has 2 saturated heterocycles. The van der Waals surface area contributed by atoms with Crippen molar-refractivity contribution in [3.63, 3.8) is 0 Å². The third-order valence-electron chi connectivity index (χ3n) is 11.5. The molecule has 2 aliphatic heterocycles. The van der Waals surface area contributed by atoms with Crippen molar-refractivity contribution >= 4 is 51.5 Å². The van der Waals surface area contributed by atoms with Crippen LogP contribution in [0.3, 0.4) is 0 Å². The third-order valence-corrected chi connectivity index (χ3v) is 11.5. The van der Waals surface area contributed by atoms with Gasteiger partial charge in [0.2, 0.25) is 5.91 Å². The smallest absolute Gasteiger partial charge is 0.329 e. The van der Waals surface area contributed by atoms with Crippen LogP contribution in [0.5, 0.6) is 0 Å². The number of para-hydroxylation sites is 1. The van der Waals surface area contributed by atoms with Gasteiger partial charge in [0.1, 0.15) is 11.6 Å². The number of halogens is 2. The number of rotatable bonds is 7. The van der Waals surface area contributed by atoms with E-state index in [2.05, 4.69) is 60.5 Å². The number of benzene rings is 2. The first-order valence-electron chi connectivity index (χ1n) is 19.7. The first-order valence-corrected chi connectivity index (χ1v) is 19.7. The number of amides is 3. The Labute approximate surface area is 329 Å². The van der Waals surface area contributed by atoms with Gasteiger partial charge in [-0.15, -0.1) is 0 Å². The molecule has 0 unspecified atom stereocenters. The predicted molar refractivity (Wildman–Crippen MR) is 216 cm³/mol. The zero-order valence-corrected chi connectivity index (χ0v) is 32.8. The number of hydrogen-bond acceptors (Lipinski definition) is 9. The lowest BCUT2D eigenvalue weighted by Crippen LogP contribution is -2.49. The Kier molecular flexibility index (Phi) is 10.6. The summed E-state index contributed by atoms with van der Waals surface area (Å²) >= 11 is 0. The monoisotopic (exact) mass is 778 g/mol. The van der Waals surface area contributed by atoms with Crippen molar-refractivity contribution in [3.05, 3.63) is 78.5 Å². The number of hydrogen-bond donors (Lipinski definition) is 2. The Hall–Kier alpha value is -5.90. The van der Waals surface area contributed by atoms with Crippen LogP contribution in [0.1, 0.15) is 57.6 Å². The number of nitrogens with one attached hydrogen (secondary N) is 2. The fourth-order valence-electron chi connectivity index (χ4n) is 8.13.